The molecule has 17 heavy (non-hydrogen) atoms. The van der Waals surface area contributed by atoms with Gasteiger partial charge in [-0.1, -0.05) is 0 Å². The van der Waals surface area contributed by atoms with Gasteiger partial charge in [-0.2, -0.15) is 0 Å². The topological polar surface area (TPSA) is 73.5 Å². The predicted molar refractivity (Wildman–Crippen MR) is 67.0 cm³/mol. The summed E-state index contributed by atoms with van der Waals surface area (Å²) in [6.07, 6.45) is 3.21. The molecule has 0 aliphatic carbocycles. The van der Waals surface area contributed by atoms with E-state index < -0.39 is 0 Å². The van der Waals surface area contributed by atoms with Crippen LogP contribution in [0.25, 0.3) is 0 Å². The highest BCUT2D eigenvalue weighted by Gasteiger charge is 2.15. The van der Waals surface area contributed by atoms with Crippen LogP contribution < -0.4 is 10.6 Å². The average molecular weight is 240 g/mol. The van der Waals surface area contributed by atoms with Gasteiger partial charge < -0.3 is 20.1 Å². The van der Waals surface area contributed by atoms with Gasteiger partial charge in [0.25, 0.3) is 0 Å². The first-order chi connectivity index (χ1) is 8.19. The Morgan fingerprint density at radius 3 is 2.59 bits per heavy atom. The number of hydrogen-bond acceptors (Lipinski definition) is 6. The Morgan fingerprint density at radius 1 is 1.29 bits per heavy atom. The maximum Gasteiger partial charge on any atom is 0.147 e. The standard InChI is InChI=1S/C11H20N4O2/c1-9(8-17-3)15(4-5-16-2)11-7-13-10(12)6-14-11/h6-7,9H,4-5,8H2,1-3H3,(H2,12,13). The molecule has 1 unspecified atom stereocenters. The van der Waals surface area contributed by atoms with Gasteiger partial charge >= 0.3 is 0 Å². The normalized spacial score (nSPS) is 12.4. The van der Waals surface area contributed by atoms with E-state index in [-0.39, 0.29) is 6.04 Å². The lowest BCUT2D eigenvalue weighted by molar-refractivity contribution is 0.170. The van der Waals surface area contributed by atoms with E-state index >= 15 is 0 Å². The van der Waals surface area contributed by atoms with Crippen LogP contribution in [0, 0.1) is 0 Å². The lowest BCUT2D eigenvalue weighted by Crippen LogP contribution is -2.39. The molecule has 0 saturated carbocycles. The minimum atomic E-state index is 0.202. The van der Waals surface area contributed by atoms with Crippen molar-refractivity contribution in [2.75, 3.05) is 44.6 Å². The molecule has 6 nitrogen and oxygen atoms in total. The third-order valence-electron chi connectivity index (χ3n) is 2.43. The van der Waals surface area contributed by atoms with Gasteiger partial charge in [-0.25, -0.2) is 9.97 Å². The first-order valence-corrected chi connectivity index (χ1v) is 5.51. The Hall–Kier alpha value is -1.40. The highest BCUT2D eigenvalue weighted by Crippen LogP contribution is 2.13. The minimum absolute atomic E-state index is 0.202. The summed E-state index contributed by atoms with van der Waals surface area (Å²) in [4.78, 5) is 10.4. The summed E-state index contributed by atoms with van der Waals surface area (Å²) in [7, 11) is 3.35. The van der Waals surface area contributed by atoms with Gasteiger partial charge in [0.15, 0.2) is 0 Å². The Morgan fingerprint density at radius 2 is 2.06 bits per heavy atom. The molecular formula is C11H20N4O2. The number of anilines is 2. The predicted octanol–water partition coefficient (Wildman–Crippen LogP) is 0.546. The van der Waals surface area contributed by atoms with Crippen molar-refractivity contribution < 1.29 is 9.47 Å². The smallest absolute Gasteiger partial charge is 0.147 e. The van der Waals surface area contributed by atoms with E-state index in [9.17, 15) is 0 Å². The highest BCUT2D eigenvalue weighted by molar-refractivity contribution is 5.40. The number of aromatic nitrogens is 2. The number of nitrogens with zero attached hydrogens (tertiary/aromatic N) is 3. The fraction of sp³-hybridized carbons (Fsp3) is 0.636. The molecule has 1 rings (SSSR count). The van der Waals surface area contributed by atoms with Crippen molar-refractivity contribution in [2.24, 2.45) is 0 Å². The Labute approximate surface area is 102 Å². The summed E-state index contributed by atoms with van der Waals surface area (Å²) >= 11 is 0. The van der Waals surface area contributed by atoms with E-state index in [1.54, 1.807) is 26.6 Å². The molecule has 0 aromatic carbocycles. The third-order valence-corrected chi connectivity index (χ3v) is 2.43. The molecular weight excluding hydrogens is 220 g/mol. The van der Waals surface area contributed by atoms with Crippen LogP contribution in [0.3, 0.4) is 0 Å². The summed E-state index contributed by atoms with van der Waals surface area (Å²) in [5.74, 6) is 1.20. The summed E-state index contributed by atoms with van der Waals surface area (Å²) in [5, 5.41) is 0. The number of ether oxygens (including phenoxy) is 2. The van der Waals surface area contributed by atoms with Gasteiger partial charge in [0.1, 0.15) is 11.6 Å². The van der Waals surface area contributed by atoms with Gasteiger partial charge in [0.2, 0.25) is 0 Å². The molecule has 1 aromatic heterocycles. The molecule has 0 aliphatic rings. The second-order valence-corrected chi connectivity index (χ2v) is 3.79. The van der Waals surface area contributed by atoms with Gasteiger partial charge in [0.05, 0.1) is 31.6 Å². The van der Waals surface area contributed by atoms with Gasteiger partial charge in [-0.15, -0.1) is 0 Å². The fourth-order valence-corrected chi connectivity index (χ4v) is 1.56. The van der Waals surface area contributed by atoms with Crippen molar-refractivity contribution in [3.63, 3.8) is 0 Å². The van der Waals surface area contributed by atoms with Crippen molar-refractivity contribution in [3.8, 4) is 0 Å². The van der Waals surface area contributed by atoms with Crippen LogP contribution in [0.2, 0.25) is 0 Å². The van der Waals surface area contributed by atoms with E-state index in [0.29, 0.717) is 19.0 Å². The van der Waals surface area contributed by atoms with E-state index in [1.807, 2.05) is 0 Å². The molecule has 0 spiro atoms. The Balaban J connectivity index is 2.77. The zero-order valence-electron chi connectivity index (χ0n) is 10.6. The zero-order chi connectivity index (χ0) is 12.7. The number of hydrogen-bond donors (Lipinski definition) is 1. The molecule has 0 aliphatic heterocycles. The highest BCUT2D eigenvalue weighted by atomic mass is 16.5. The lowest BCUT2D eigenvalue weighted by Gasteiger charge is -2.29. The van der Waals surface area contributed by atoms with Crippen molar-refractivity contribution in [2.45, 2.75) is 13.0 Å². The summed E-state index contributed by atoms with van der Waals surface area (Å²) in [6, 6.07) is 0.202. The van der Waals surface area contributed by atoms with Gasteiger partial charge in [-0.05, 0) is 6.92 Å². The largest absolute Gasteiger partial charge is 0.383 e. The Kier molecular flexibility index (Phi) is 5.65. The Bertz CT molecular complexity index is 318. The van der Waals surface area contributed by atoms with Crippen LogP contribution in [-0.2, 0) is 9.47 Å². The van der Waals surface area contributed by atoms with Crippen LogP contribution in [0.1, 0.15) is 6.92 Å². The maximum atomic E-state index is 5.52. The molecule has 0 radical (unpaired) electrons. The van der Waals surface area contributed by atoms with Crippen molar-refractivity contribution in [1.29, 1.82) is 0 Å². The van der Waals surface area contributed by atoms with Crippen molar-refractivity contribution >= 4 is 11.6 Å². The molecule has 0 bridgehead atoms. The lowest BCUT2D eigenvalue weighted by atomic mass is 10.3. The molecule has 2 N–H and O–H groups in total. The molecule has 0 fully saturated rings. The van der Waals surface area contributed by atoms with Crippen LogP contribution >= 0.6 is 0 Å². The summed E-state index contributed by atoms with van der Waals surface area (Å²) < 4.78 is 10.2. The van der Waals surface area contributed by atoms with Crippen LogP contribution in [0.15, 0.2) is 12.4 Å². The van der Waals surface area contributed by atoms with E-state index in [1.165, 1.54) is 0 Å². The third kappa shape index (κ3) is 4.16. The number of nitrogen functional groups attached to an aromatic ring is 1. The van der Waals surface area contributed by atoms with E-state index in [0.717, 1.165) is 12.4 Å². The average Bonchev–Trinajstić information content (AvgIpc) is 2.32. The monoisotopic (exact) mass is 240 g/mol. The second-order valence-electron chi connectivity index (χ2n) is 3.79. The zero-order valence-corrected chi connectivity index (χ0v) is 10.6. The van der Waals surface area contributed by atoms with Crippen molar-refractivity contribution in [1.82, 2.24) is 9.97 Å². The first kappa shape index (κ1) is 13.7. The molecule has 0 saturated heterocycles. The van der Waals surface area contributed by atoms with Gasteiger partial charge in [-0.3, -0.25) is 0 Å². The van der Waals surface area contributed by atoms with Crippen LogP contribution in [-0.4, -0.2) is 50.0 Å². The molecule has 0 amide bonds. The molecule has 1 aromatic rings. The SMILES string of the molecule is COCCN(c1cnc(N)cn1)C(C)COC. The molecule has 6 heteroatoms. The van der Waals surface area contributed by atoms with Crippen LogP contribution in [0.5, 0.6) is 0 Å². The summed E-state index contributed by atoms with van der Waals surface area (Å²) in [6.45, 7) is 4.05. The number of rotatable bonds is 7. The van der Waals surface area contributed by atoms with Gasteiger partial charge in [0, 0.05) is 20.8 Å². The van der Waals surface area contributed by atoms with Crippen molar-refractivity contribution in [3.05, 3.63) is 12.4 Å². The fourth-order valence-electron chi connectivity index (χ4n) is 1.56. The molecule has 96 valence electrons. The second kappa shape index (κ2) is 7.03. The minimum Gasteiger partial charge on any atom is -0.383 e. The maximum absolute atomic E-state index is 5.52. The molecule has 1 heterocycles. The first-order valence-electron chi connectivity index (χ1n) is 5.51. The quantitative estimate of drug-likeness (QED) is 0.750. The summed E-state index contributed by atoms with van der Waals surface area (Å²) in [5.41, 5.74) is 5.52. The number of methoxy groups -OCH3 is 2. The molecule has 1 atom stereocenters. The van der Waals surface area contributed by atoms with E-state index in [2.05, 4.69) is 21.8 Å². The van der Waals surface area contributed by atoms with Crippen LogP contribution in [0.4, 0.5) is 11.6 Å². The van der Waals surface area contributed by atoms with E-state index in [4.69, 9.17) is 15.2 Å². The number of nitrogens with two attached hydrogens (primary N) is 1.